The number of hydrogen-bond donors (Lipinski definition) is 2. The smallest absolute Gasteiger partial charge is 0.220 e. The molecular weight excluding hydrogens is 252 g/mol. The van der Waals surface area contributed by atoms with Gasteiger partial charge in [-0.2, -0.15) is 0 Å². The highest BCUT2D eigenvalue weighted by atomic mass is 16.5. The zero-order chi connectivity index (χ0) is 14.4. The summed E-state index contributed by atoms with van der Waals surface area (Å²) in [4.78, 5) is 11.7. The summed E-state index contributed by atoms with van der Waals surface area (Å²) in [5, 5.41) is 6.40. The van der Waals surface area contributed by atoms with E-state index in [-0.39, 0.29) is 12.0 Å². The monoisotopic (exact) mass is 276 g/mol. The normalized spacial score (nSPS) is 18.2. The van der Waals surface area contributed by atoms with Crippen LogP contribution in [0.2, 0.25) is 0 Å². The van der Waals surface area contributed by atoms with E-state index in [4.69, 9.17) is 4.74 Å². The van der Waals surface area contributed by atoms with E-state index in [2.05, 4.69) is 28.8 Å². The van der Waals surface area contributed by atoms with Gasteiger partial charge >= 0.3 is 0 Å². The Labute approximate surface area is 120 Å². The number of para-hydroxylation sites is 1. The molecule has 1 heterocycles. The van der Waals surface area contributed by atoms with Gasteiger partial charge in [-0.05, 0) is 31.4 Å². The first kappa shape index (κ1) is 14.9. The van der Waals surface area contributed by atoms with E-state index in [0.717, 1.165) is 25.9 Å². The van der Waals surface area contributed by atoms with Crippen LogP contribution in [-0.2, 0) is 9.53 Å². The quantitative estimate of drug-likeness (QED) is 0.804. The number of nitrogens with one attached hydrogen (secondary N) is 2. The van der Waals surface area contributed by atoms with Gasteiger partial charge in [-0.15, -0.1) is 0 Å². The van der Waals surface area contributed by atoms with Crippen LogP contribution in [0, 0.1) is 0 Å². The first-order valence-corrected chi connectivity index (χ1v) is 7.33. The molecule has 1 aliphatic rings. The largest absolute Gasteiger partial charge is 0.384 e. The minimum absolute atomic E-state index is 0.119. The number of carbonyl (C=O) groups excluding carboxylic acids is 1. The molecule has 0 saturated heterocycles. The molecule has 1 aliphatic heterocycles. The van der Waals surface area contributed by atoms with Crippen molar-refractivity contribution < 1.29 is 9.53 Å². The van der Waals surface area contributed by atoms with Gasteiger partial charge in [0.05, 0.1) is 6.10 Å². The summed E-state index contributed by atoms with van der Waals surface area (Å²) in [5.41, 5.74) is 2.60. The van der Waals surface area contributed by atoms with Crippen molar-refractivity contribution in [2.45, 2.75) is 38.2 Å². The van der Waals surface area contributed by atoms with Crippen molar-refractivity contribution in [2.24, 2.45) is 0 Å². The van der Waals surface area contributed by atoms with Crippen molar-refractivity contribution in [3.05, 3.63) is 29.8 Å². The molecule has 0 bridgehead atoms. The zero-order valence-electron chi connectivity index (χ0n) is 12.3. The second-order valence-corrected chi connectivity index (χ2v) is 5.39. The Morgan fingerprint density at radius 2 is 2.30 bits per heavy atom. The number of rotatable bonds is 7. The van der Waals surface area contributed by atoms with E-state index in [1.54, 1.807) is 7.11 Å². The fourth-order valence-electron chi connectivity index (χ4n) is 2.54. The lowest BCUT2D eigenvalue weighted by Crippen LogP contribution is -2.26. The van der Waals surface area contributed by atoms with Gasteiger partial charge in [0.1, 0.15) is 0 Å². The summed E-state index contributed by atoms with van der Waals surface area (Å²) in [6.07, 6.45) is 2.44. The number of hydrogen-bond acceptors (Lipinski definition) is 3. The summed E-state index contributed by atoms with van der Waals surface area (Å²) in [7, 11) is 1.67. The van der Waals surface area contributed by atoms with Crippen molar-refractivity contribution in [3.63, 3.8) is 0 Å². The zero-order valence-corrected chi connectivity index (χ0v) is 12.3. The van der Waals surface area contributed by atoms with Gasteiger partial charge in [0.2, 0.25) is 5.91 Å². The Morgan fingerprint density at radius 1 is 1.50 bits per heavy atom. The van der Waals surface area contributed by atoms with Crippen LogP contribution in [0.4, 0.5) is 5.69 Å². The number of ether oxygens (including phenoxy) is 1. The number of benzene rings is 1. The number of amides is 1. The summed E-state index contributed by atoms with van der Waals surface area (Å²) >= 11 is 0. The maximum absolute atomic E-state index is 11.7. The van der Waals surface area contributed by atoms with Crippen molar-refractivity contribution in [1.82, 2.24) is 5.32 Å². The van der Waals surface area contributed by atoms with Gasteiger partial charge in [-0.1, -0.05) is 18.2 Å². The van der Waals surface area contributed by atoms with E-state index in [9.17, 15) is 4.79 Å². The maximum atomic E-state index is 11.7. The highest BCUT2D eigenvalue weighted by Crippen LogP contribution is 2.32. The molecule has 110 valence electrons. The van der Waals surface area contributed by atoms with Gasteiger partial charge in [0.15, 0.2) is 0 Å². The summed E-state index contributed by atoms with van der Waals surface area (Å²) in [6, 6.07) is 8.40. The molecule has 0 radical (unpaired) electrons. The first-order chi connectivity index (χ1) is 9.70. The maximum Gasteiger partial charge on any atom is 0.220 e. The van der Waals surface area contributed by atoms with Crippen molar-refractivity contribution >= 4 is 11.6 Å². The van der Waals surface area contributed by atoms with Crippen LogP contribution in [0.5, 0.6) is 0 Å². The van der Waals surface area contributed by atoms with Crippen molar-refractivity contribution in [2.75, 3.05) is 25.5 Å². The molecule has 1 aromatic rings. The van der Waals surface area contributed by atoms with E-state index >= 15 is 0 Å². The predicted molar refractivity (Wildman–Crippen MR) is 81.0 cm³/mol. The fraction of sp³-hybridized carbons (Fsp3) is 0.562. The molecule has 0 spiro atoms. The number of anilines is 1. The molecule has 2 atom stereocenters. The number of fused-ring (bicyclic) bond motifs is 1. The molecule has 0 fully saturated rings. The van der Waals surface area contributed by atoms with Crippen LogP contribution < -0.4 is 10.6 Å². The van der Waals surface area contributed by atoms with Crippen LogP contribution in [0.3, 0.4) is 0 Å². The van der Waals surface area contributed by atoms with Gasteiger partial charge in [-0.25, -0.2) is 0 Å². The van der Waals surface area contributed by atoms with Crippen molar-refractivity contribution in [3.8, 4) is 0 Å². The van der Waals surface area contributed by atoms with E-state index < -0.39 is 0 Å². The average Bonchev–Trinajstić information content (AvgIpc) is 2.88. The van der Waals surface area contributed by atoms with Crippen LogP contribution in [0.1, 0.15) is 37.7 Å². The lowest BCUT2D eigenvalue weighted by atomic mass is 9.98. The third-order valence-corrected chi connectivity index (χ3v) is 3.93. The minimum Gasteiger partial charge on any atom is -0.384 e. The summed E-state index contributed by atoms with van der Waals surface area (Å²) in [5.74, 6) is 0.623. The minimum atomic E-state index is 0.119. The Bertz CT molecular complexity index is 448. The molecule has 4 nitrogen and oxygen atoms in total. The van der Waals surface area contributed by atoms with Crippen LogP contribution in [-0.4, -0.2) is 32.2 Å². The van der Waals surface area contributed by atoms with E-state index in [1.807, 2.05) is 13.0 Å². The molecule has 2 unspecified atom stereocenters. The fourth-order valence-corrected chi connectivity index (χ4v) is 2.54. The Kier molecular flexibility index (Phi) is 5.41. The number of carbonyl (C=O) groups is 1. The van der Waals surface area contributed by atoms with Gasteiger partial charge in [-0.3, -0.25) is 4.79 Å². The lowest BCUT2D eigenvalue weighted by molar-refractivity contribution is -0.121. The molecule has 2 rings (SSSR count). The molecule has 0 aliphatic carbocycles. The first-order valence-electron chi connectivity index (χ1n) is 7.33. The molecule has 4 heteroatoms. The van der Waals surface area contributed by atoms with E-state index in [0.29, 0.717) is 12.3 Å². The van der Waals surface area contributed by atoms with Gasteiger partial charge in [0, 0.05) is 38.2 Å². The Morgan fingerprint density at radius 3 is 3.10 bits per heavy atom. The van der Waals surface area contributed by atoms with Crippen LogP contribution >= 0.6 is 0 Å². The predicted octanol–water partition coefficient (Wildman–Crippen LogP) is 2.52. The average molecular weight is 276 g/mol. The van der Waals surface area contributed by atoms with Gasteiger partial charge in [0.25, 0.3) is 0 Å². The molecule has 0 aromatic heterocycles. The SMILES string of the molecule is COC(C)CCC(=O)NCCC1CNc2ccccc21. The second kappa shape index (κ2) is 7.29. The molecular formula is C16H24N2O2. The second-order valence-electron chi connectivity index (χ2n) is 5.39. The third kappa shape index (κ3) is 3.97. The highest BCUT2D eigenvalue weighted by Gasteiger charge is 2.21. The molecule has 2 N–H and O–H groups in total. The van der Waals surface area contributed by atoms with Crippen molar-refractivity contribution in [1.29, 1.82) is 0 Å². The Hall–Kier alpha value is -1.55. The number of methoxy groups -OCH3 is 1. The van der Waals surface area contributed by atoms with Crippen LogP contribution in [0.15, 0.2) is 24.3 Å². The van der Waals surface area contributed by atoms with E-state index in [1.165, 1.54) is 11.3 Å². The van der Waals surface area contributed by atoms with Crippen LogP contribution in [0.25, 0.3) is 0 Å². The Balaban J connectivity index is 1.68. The molecule has 0 saturated carbocycles. The molecule has 1 amide bonds. The topological polar surface area (TPSA) is 50.4 Å². The third-order valence-electron chi connectivity index (χ3n) is 3.93. The van der Waals surface area contributed by atoms with Gasteiger partial charge < -0.3 is 15.4 Å². The summed E-state index contributed by atoms with van der Waals surface area (Å²) in [6.45, 7) is 3.69. The molecule has 20 heavy (non-hydrogen) atoms. The summed E-state index contributed by atoms with van der Waals surface area (Å²) < 4.78 is 5.14. The highest BCUT2D eigenvalue weighted by molar-refractivity contribution is 5.75. The standard InChI is InChI=1S/C16H24N2O2/c1-12(20-2)7-8-16(19)17-10-9-13-11-18-15-6-4-3-5-14(13)15/h3-6,12-13,18H,7-11H2,1-2H3,(H,17,19). The lowest BCUT2D eigenvalue weighted by Gasteiger charge is -2.12. The molecule has 1 aromatic carbocycles.